The van der Waals surface area contributed by atoms with E-state index < -0.39 is 0 Å². The molecule has 0 spiro atoms. The van der Waals surface area contributed by atoms with Crippen LogP contribution in [0.25, 0.3) is 77.4 Å². The van der Waals surface area contributed by atoms with Gasteiger partial charge in [-0.15, -0.1) is 0 Å². The highest BCUT2D eigenvalue weighted by Crippen LogP contribution is 2.50. The lowest BCUT2D eigenvalue weighted by atomic mass is 9.90. The van der Waals surface area contributed by atoms with Gasteiger partial charge in [-0.1, -0.05) is 109 Å². The van der Waals surface area contributed by atoms with E-state index in [0.29, 0.717) is 0 Å². The van der Waals surface area contributed by atoms with Crippen molar-refractivity contribution in [2.45, 2.75) is 25.7 Å². The zero-order valence-corrected chi connectivity index (χ0v) is 23.3. The molecule has 0 saturated carbocycles. The zero-order valence-electron chi connectivity index (χ0n) is 23.3. The molecule has 0 aliphatic heterocycles. The number of fused-ring (bicyclic) bond motifs is 5. The fourth-order valence-electron chi connectivity index (χ4n) is 7.18. The van der Waals surface area contributed by atoms with E-state index in [-0.39, 0.29) is 0 Å². The molecule has 9 rings (SSSR count). The molecule has 5 aromatic carbocycles. The van der Waals surface area contributed by atoms with Gasteiger partial charge in [-0.05, 0) is 82.0 Å². The third kappa shape index (κ3) is 3.58. The zero-order chi connectivity index (χ0) is 27.6. The molecule has 198 valence electrons. The molecule has 0 N–H and O–H groups in total. The Labute approximate surface area is 245 Å². The van der Waals surface area contributed by atoms with Crippen molar-refractivity contribution >= 4 is 43.7 Å². The molecule has 42 heavy (non-hydrogen) atoms. The number of benzene rings is 5. The summed E-state index contributed by atoms with van der Waals surface area (Å²) in [5.41, 5.74) is 14.7. The molecule has 2 heterocycles. The minimum atomic E-state index is 0.941. The van der Waals surface area contributed by atoms with E-state index in [1.807, 2.05) is 6.07 Å². The first-order chi connectivity index (χ1) is 20.8. The van der Waals surface area contributed by atoms with Crippen molar-refractivity contribution in [1.29, 1.82) is 0 Å². The smallest absolute Gasteiger partial charge is 0.0972 e. The molecule has 2 aliphatic rings. The molecule has 0 saturated heterocycles. The molecule has 0 radical (unpaired) electrons. The summed E-state index contributed by atoms with van der Waals surface area (Å²) in [6.45, 7) is 0. The van der Waals surface area contributed by atoms with Gasteiger partial charge in [0.25, 0.3) is 0 Å². The summed E-state index contributed by atoms with van der Waals surface area (Å²) in [6, 6.07) is 43.7. The van der Waals surface area contributed by atoms with Gasteiger partial charge in [-0.2, -0.15) is 0 Å². The first-order valence-corrected chi connectivity index (χ1v) is 15.0. The SMILES string of the molecule is c1ccc(-c2ccc3ccc4ccc(-c5ccc(-c6ccc7c8c(cccc68)C6=C7CCCC6)cc5)nc4c3n2)cc1. The second-order valence-corrected chi connectivity index (χ2v) is 11.6. The van der Waals surface area contributed by atoms with Crippen molar-refractivity contribution in [3.05, 3.63) is 132 Å². The van der Waals surface area contributed by atoms with Crippen LogP contribution in [-0.2, 0) is 0 Å². The van der Waals surface area contributed by atoms with Crippen molar-refractivity contribution in [2.24, 2.45) is 0 Å². The van der Waals surface area contributed by atoms with Crippen LogP contribution in [0.1, 0.15) is 36.8 Å². The van der Waals surface area contributed by atoms with Gasteiger partial charge < -0.3 is 0 Å². The quantitative estimate of drug-likeness (QED) is 0.210. The molecule has 0 bridgehead atoms. The Hall–Kier alpha value is -5.08. The molecular weight excluding hydrogens is 508 g/mol. The van der Waals surface area contributed by atoms with E-state index >= 15 is 0 Å². The van der Waals surface area contributed by atoms with E-state index in [2.05, 4.69) is 115 Å². The van der Waals surface area contributed by atoms with Gasteiger partial charge in [-0.3, -0.25) is 0 Å². The predicted octanol–water partition coefficient (Wildman–Crippen LogP) is 10.7. The van der Waals surface area contributed by atoms with Gasteiger partial charge in [0.15, 0.2) is 0 Å². The van der Waals surface area contributed by atoms with Crippen LogP contribution in [0.3, 0.4) is 0 Å². The van der Waals surface area contributed by atoms with Crippen LogP contribution in [0.5, 0.6) is 0 Å². The fraction of sp³-hybridized carbons (Fsp3) is 0.100. The molecule has 0 fully saturated rings. The second kappa shape index (κ2) is 9.22. The molecule has 0 atom stereocenters. The highest BCUT2D eigenvalue weighted by Gasteiger charge is 2.26. The normalized spacial score (nSPS) is 14.2. The van der Waals surface area contributed by atoms with Gasteiger partial charge in [-0.25, -0.2) is 9.97 Å². The Balaban J connectivity index is 1.12. The fourth-order valence-corrected chi connectivity index (χ4v) is 7.18. The minimum absolute atomic E-state index is 0.941. The molecule has 2 aromatic heterocycles. The van der Waals surface area contributed by atoms with Crippen molar-refractivity contribution in [3.63, 3.8) is 0 Å². The van der Waals surface area contributed by atoms with Crippen LogP contribution in [0.2, 0.25) is 0 Å². The van der Waals surface area contributed by atoms with E-state index in [1.54, 1.807) is 11.1 Å². The average Bonchev–Trinajstić information content (AvgIpc) is 3.40. The Morgan fingerprint density at radius 3 is 1.62 bits per heavy atom. The van der Waals surface area contributed by atoms with Gasteiger partial charge in [0.05, 0.1) is 22.4 Å². The Morgan fingerprint density at radius 2 is 0.952 bits per heavy atom. The summed E-state index contributed by atoms with van der Waals surface area (Å²) in [7, 11) is 0. The first kappa shape index (κ1) is 23.6. The van der Waals surface area contributed by atoms with E-state index in [4.69, 9.17) is 9.97 Å². The second-order valence-electron chi connectivity index (χ2n) is 11.6. The van der Waals surface area contributed by atoms with Gasteiger partial charge in [0.2, 0.25) is 0 Å². The molecule has 2 aliphatic carbocycles. The Kier molecular flexibility index (Phi) is 5.18. The maximum atomic E-state index is 5.17. The topological polar surface area (TPSA) is 25.8 Å². The number of hydrogen-bond acceptors (Lipinski definition) is 2. The largest absolute Gasteiger partial charge is 0.245 e. The summed E-state index contributed by atoms with van der Waals surface area (Å²) >= 11 is 0. The summed E-state index contributed by atoms with van der Waals surface area (Å²) in [5, 5.41) is 5.02. The van der Waals surface area contributed by atoms with Gasteiger partial charge in [0, 0.05) is 21.9 Å². The van der Waals surface area contributed by atoms with Crippen LogP contribution in [0, 0.1) is 0 Å². The van der Waals surface area contributed by atoms with Crippen LogP contribution in [-0.4, -0.2) is 9.97 Å². The summed E-state index contributed by atoms with van der Waals surface area (Å²) in [4.78, 5) is 10.2. The first-order valence-electron chi connectivity index (χ1n) is 15.0. The number of allylic oxidation sites excluding steroid dienone is 2. The molecule has 0 unspecified atom stereocenters. The van der Waals surface area contributed by atoms with E-state index in [1.165, 1.54) is 58.7 Å². The highest BCUT2D eigenvalue weighted by molar-refractivity contribution is 6.17. The number of hydrogen-bond donors (Lipinski definition) is 0. The Morgan fingerprint density at radius 1 is 0.405 bits per heavy atom. The third-order valence-corrected chi connectivity index (χ3v) is 9.24. The van der Waals surface area contributed by atoms with Gasteiger partial charge in [0.1, 0.15) is 0 Å². The highest BCUT2D eigenvalue weighted by atomic mass is 14.8. The lowest BCUT2D eigenvalue weighted by Crippen LogP contribution is -1.92. The lowest BCUT2D eigenvalue weighted by molar-refractivity contribution is 0.756. The number of rotatable bonds is 3. The van der Waals surface area contributed by atoms with Crippen molar-refractivity contribution in [2.75, 3.05) is 0 Å². The van der Waals surface area contributed by atoms with E-state index in [0.717, 1.165) is 44.3 Å². The van der Waals surface area contributed by atoms with Crippen LogP contribution in [0.4, 0.5) is 0 Å². The van der Waals surface area contributed by atoms with Crippen molar-refractivity contribution < 1.29 is 0 Å². The lowest BCUT2D eigenvalue weighted by Gasteiger charge is -2.15. The average molecular weight is 537 g/mol. The molecule has 2 heteroatoms. The Bertz CT molecular complexity index is 2200. The number of pyridine rings is 2. The number of aromatic nitrogens is 2. The maximum Gasteiger partial charge on any atom is 0.0972 e. The molecule has 0 amide bonds. The predicted molar refractivity (Wildman–Crippen MR) is 176 cm³/mol. The standard InChI is InChI=1S/C40H28N2/c1-2-7-26(8-3-1)36-23-19-28-17-18-29-20-24-37(42-40(29)39(28)41-36)27-15-13-25(14-16-27)30-21-22-35-32-10-5-4-9-31(32)34-12-6-11-33(30)38(34)35/h1-3,6-8,11-24H,4-5,9-10H2. The van der Waals surface area contributed by atoms with Gasteiger partial charge >= 0.3 is 0 Å². The van der Waals surface area contributed by atoms with Crippen molar-refractivity contribution in [3.8, 4) is 33.6 Å². The third-order valence-electron chi connectivity index (χ3n) is 9.24. The molecule has 2 nitrogen and oxygen atoms in total. The monoisotopic (exact) mass is 536 g/mol. The summed E-state index contributed by atoms with van der Waals surface area (Å²) in [5.74, 6) is 0. The molecule has 7 aromatic rings. The van der Waals surface area contributed by atoms with Crippen LogP contribution < -0.4 is 0 Å². The summed E-state index contributed by atoms with van der Waals surface area (Å²) < 4.78 is 0. The van der Waals surface area contributed by atoms with Crippen molar-refractivity contribution in [1.82, 2.24) is 9.97 Å². The van der Waals surface area contributed by atoms with Crippen LogP contribution in [0.15, 0.2) is 121 Å². The molecular formula is C40H28N2. The summed E-state index contributed by atoms with van der Waals surface area (Å²) in [6.07, 6.45) is 5.04. The number of nitrogens with zero attached hydrogens (tertiary/aromatic N) is 2. The van der Waals surface area contributed by atoms with E-state index in [9.17, 15) is 0 Å². The maximum absolute atomic E-state index is 5.17. The minimum Gasteiger partial charge on any atom is -0.245 e. The van der Waals surface area contributed by atoms with Crippen LogP contribution >= 0.6 is 0 Å².